The molecule has 0 aromatic carbocycles. The predicted octanol–water partition coefficient (Wildman–Crippen LogP) is 0.781. The van der Waals surface area contributed by atoms with Gasteiger partial charge < -0.3 is 15.3 Å². The molecule has 4 nitrogen and oxygen atoms in total. The summed E-state index contributed by atoms with van der Waals surface area (Å²) >= 11 is 0. The molecular weight excluding hydrogens is 192 g/mol. The zero-order valence-corrected chi connectivity index (χ0v) is 9.70. The minimum atomic E-state index is -0.709. The van der Waals surface area contributed by atoms with Crippen LogP contribution in [0.5, 0.6) is 0 Å². The van der Waals surface area contributed by atoms with Gasteiger partial charge in [0.15, 0.2) is 0 Å². The summed E-state index contributed by atoms with van der Waals surface area (Å²) in [5, 5.41) is 12.2. The molecule has 0 amide bonds. The van der Waals surface area contributed by atoms with Crippen LogP contribution in [-0.2, 0) is 4.79 Å². The van der Waals surface area contributed by atoms with E-state index in [-0.39, 0.29) is 12.0 Å². The average Bonchev–Trinajstić information content (AvgIpc) is 2.25. The lowest BCUT2D eigenvalue weighted by Gasteiger charge is -2.35. The Morgan fingerprint density at radius 2 is 2.33 bits per heavy atom. The molecule has 0 aromatic rings. The van der Waals surface area contributed by atoms with Crippen LogP contribution in [0.25, 0.3) is 0 Å². The van der Waals surface area contributed by atoms with Gasteiger partial charge in [0.2, 0.25) is 0 Å². The second-order valence-corrected chi connectivity index (χ2v) is 4.17. The van der Waals surface area contributed by atoms with Crippen molar-refractivity contribution in [1.29, 1.82) is 0 Å². The molecule has 0 bridgehead atoms. The van der Waals surface area contributed by atoms with Gasteiger partial charge in [0.1, 0.15) is 6.04 Å². The topological polar surface area (TPSA) is 52.6 Å². The van der Waals surface area contributed by atoms with Crippen LogP contribution in [-0.4, -0.2) is 48.2 Å². The molecule has 0 saturated carbocycles. The number of aliphatic carboxylic acids is 1. The molecule has 1 heterocycles. The van der Waals surface area contributed by atoms with Crippen LogP contribution in [0.4, 0.5) is 0 Å². The van der Waals surface area contributed by atoms with Crippen molar-refractivity contribution < 1.29 is 9.90 Å². The molecule has 2 atom stereocenters. The minimum Gasteiger partial charge on any atom is -0.480 e. The first-order chi connectivity index (χ1) is 7.19. The number of nitrogens with zero attached hydrogens (tertiary/aromatic N) is 1. The minimum absolute atomic E-state index is 0.260. The Bertz CT molecular complexity index is 209. The van der Waals surface area contributed by atoms with E-state index < -0.39 is 5.97 Å². The second kappa shape index (κ2) is 6.08. The lowest BCUT2D eigenvalue weighted by molar-refractivity contribution is -0.141. The van der Waals surface area contributed by atoms with Crippen LogP contribution in [0.3, 0.4) is 0 Å². The molecule has 0 radical (unpaired) electrons. The van der Waals surface area contributed by atoms with E-state index in [1.54, 1.807) is 0 Å². The van der Waals surface area contributed by atoms with Crippen molar-refractivity contribution in [3.63, 3.8) is 0 Å². The first kappa shape index (κ1) is 12.5. The van der Waals surface area contributed by atoms with Gasteiger partial charge in [0.05, 0.1) is 0 Å². The van der Waals surface area contributed by atoms with Crippen molar-refractivity contribution in [2.24, 2.45) is 5.92 Å². The van der Waals surface area contributed by atoms with Gasteiger partial charge in [-0.25, -0.2) is 0 Å². The van der Waals surface area contributed by atoms with Gasteiger partial charge in [-0.1, -0.05) is 13.8 Å². The van der Waals surface area contributed by atoms with E-state index in [2.05, 4.69) is 17.1 Å². The Balaban J connectivity index is 2.54. The molecule has 88 valence electrons. The number of carboxylic acid groups (broad SMARTS) is 1. The zero-order chi connectivity index (χ0) is 11.3. The number of hydrogen-bond acceptors (Lipinski definition) is 3. The molecule has 4 heteroatoms. The molecule has 1 saturated heterocycles. The fourth-order valence-electron chi connectivity index (χ4n) is 2.33. The molecule has 1 aliphatic heterocycles. The van der Waals surface area contributed by atoms with Gasteiger partial charge >= 0.3 is 5.97 Å². The zero-order valence-electron chi connectivity index (χ0n) is 9.70. The van der Waals surface area contributed by atoms with Crippen LogP contribution >= 0.6 is 0 Å². The van der Waals surface area contributed by atoms with Crippen LogP contribution in [0.2, 0.25) is 0 Å². The van der Waals surface area contributed by atoms with Gasteiger partial charge in [-0.2, -0.15) is 0 Å². The van der Waals surface area contributed by atoms with E-state index in [9.17, 15) is 4.79 Å². The molecule has 0 spiro atoms. The first-order valence-electron chi connectivity index (χ1n) is 5.87. The summed E-state index contributed by atoms with van der Waals surface area (Å²) in [6, 6.07) is -0.371. The quantitative estimate of drug-likeness (QED) is 0.710. The number of nitrogens with one attached hydrogen (secondary N) is 1. The van der Waals surface area contributed by atoms with E-state index in [1.165, 1.54) is 0 Å². The smallest absolute Gasteiger partial charge is 0.321 e. The number of carboxylic acids is 1. The lowest BCUT2D eigenvalue weighted by Crippen LogP contribution is -2.49. The molecular formula is C11H22N2O2. The monoisotopic (exact) mass is 214 g/mol. The fraction of sp³-hybridized carbons (Fsp3) is 0.909. The van der Waals surface area contributed by atoms with E-state index in [0.29, 0.717) is 0 Å². The number of piperidine rings is 1. The van der Waals surface area contributed by atoms with Gasteiger partial charge in [0.25, 0.3) is 0 Å². The Kier molecular flexibility index (Phi) is 5.05. The molecule has 2 unspecified atom stereocenters. The molecule has 1 fully saturated rings. The van der Waals surface area contributed by atoms with Crippen molar-refractivity contribution in [1.82, 2.24) is 10.2 Å². The maximum atomic E-state index is 11.1. The van der Waals surface area contributed by atoms with Crippen molar-refractivity contribution in [3.8, 4) is 0 Å². The third-order valence-electron chi connectivity index (χ3n) is 3.15. The van der Waals surface area contributed by atoms with E-state index in [0.717, 1.165) is 39.0 Å². The van der Waals surface area contributed by atoms with E-state index in [4.69, 9.17) is 5.11 Å². The van der Waals surface area contributed by atoms with Gasteiger partial charge in [-0.15, -0.1) is 0 Å². The standard InChI is InChI=1S/C11H22N2O2/c1-3-12-10(11(14)15)9-6-5-7-13(4-2)8-9/h9-10,12H,3-8H2,1-2H3,(H,14,15). The van der Waals surface area contributed by atoms with Gasteiger partial charge in [0, 0.05) is 6.54 Å². The van der Waals surface area contributed by atoms with E-state index >= 15 is 0 Å². The van der Waals surface area contributed by atoms with Gasteiger partial charge in [-0.3, -0.25) is 4.79 Å². The first-order valence-corrected chi connectivity index (χ1v) is 5.87. The SMILES string of the molecule is CCNC(C(=O)O)C1CCCN(CC)C1. The Hall–Kier alpha value is -0.610. The largest absolute Gasteiger partial charge is 0.480 e. The molecule has 0 aromatic heterocycles. The van der Waals surface area contributed by atoms with Crippen molar-refractivity contribution in [2.45, 2.75) is 32.7 Å². The lowest BCUT2D eigenvalue weighted by atomic mass is 9.90. The van der Waals surface area contributed by atoms with Gasteiger partial charge in [-0.05, 0) is 38.4 Å². The maximum absolute atomic E-state index is 11.1. The highest BCUT2D eigenvalue weighted by Gasteiger charge is 2.30. The normalized spacial score (nSPS) is 25.1. The summed E-state index contributed by atoms with van der Waals surface area (Å²) in [7, 11) is 0. The Morgan fingerprint density at radius 3 is 2.87 bits per heavy atom. The third-order valence-corrected chi connectivity index (χ3v) is 3.15. The molecule has 15 heavy (non-hydrogen) atoms. The highest BCUT2D eigenvalue weighted by molar-refractivity contribution is 5.73. The summed E-state index contributed by atoms with van der Waals surface area (Å²) in [6.45, 7) is 7.86. The van der Waals surface area contributed by atoms with Crippen molar-refractivity contribution in [3.05, 3.63) is 0 Å². The summed E-state index contributed by atoms with van der Waals surface area (Å²) in [5.41, 5.74) is 0. The van der Waals surface area contributed by atoms with Crippen LogP contribution in [0.15, 0.2) is 0 Å². The Morgan fingerprint density at radius 1 is 1.60 bits per heavy atom. The van der Waals surface area contributed by atoms with Crippen LogP contribution < -0.4 is 5.32 Å². The number of rotatable bonds is 5. The Labute approximate surface area is 91.6 Å². The van der Waals surface area contributed by atoms with E-state index in [1.807, 2.05) is 6.92 Å². The summed E-state index contributed by atoms with van der Waals surface area (Å²) < 4.78 is 0. The number of hydrogen-bond donors (Lipinski definition) is 2. The van der Waals surface area contributed by atoms with Crippen LogP contribution in [0, 0.1) is 5.92 Å². The molecule has 1 rings (SSSR count). The molecule has 2 N–H and O–H groups in total. The number of carbonyl (C=O) groups is 1. The number of likely N-dealkylation sites (N-methyl/N-ethyl adjacent to an activating group) is 1. The maximum Gasteiger partial charge on any atom is 0.321 e. The van der Waals surface area contributed by atoms with Crippen molar-refractivity contribution in [2.75, 3.05) is 26.2 Å². The summed E-state index contributed by atoms with van der Waals surface area (Å²) in [4.78, 5) is 13.4. The van der Waals surface area contributed by atoms with Crippen molar-refractivity contribution >= 4 is 5.97 Å². The highest BCUT2D eigenvalue weighted by Crippen LogP contribution is 2.19. The predicted molar refractivity (Wildman–Crippen MR) is 59.9 cm³/mol. The molecule has 0 aliphatic carbocycles. The number of likely N-dealkylation sites (tertiary alicyclic amines) is 1. The fourth-order valence-corrected chi connectivity index (χ4v) is 2.33. The molecule has 1 aliphatic rings. The van der Waals surface area contributed by atoms with Crippen LogP contribution in [0.1, 0.15) is 26.7 Å². The average molecular weight is 214 g/mol. The highest BCUT2D eigenvalue weighted by atomic mass is 16.4. The summed E-state index contributed by atoms with van der Waals surface area (Å²) in [5.74, 6) is -0.448. The summed E-state index contributed by atoms with van der Waals surface area (Å²) in [6.07, 6.45) is 2.15. The third kappa shape index (κ3) is 3.47. The second-order valence-electron chi connectivity index (χ2n) is 4.17.